The van der Waals surface area contributed by atoms with Crippen molar-refractivity contribution in [3.8, 4) is 5.75 Å². The number of hydrogen-bond donors (Lipinski definition) is 1. The predicted octanol–water partition coefficient (Wildman–Crippen LogP) is 4.87. The van der Waals surface area contributed by atoms with Crippen molar-refractivity contribution in [2.45, 2.75) is 38.1 Å². The molecule has 1 aromatic heterocycles. The monoisotopic (exact) mass is 525 g/mol. The largest absolute Gasteiger partial charge is 0.424 e. The highest BCUT2D eigenvalue weighted by atomic mass is 35.5. The van der Waals surface area contributed by atoms with Crippen molar-refractivity contribution in [2.24, 2.45) is 0 Å². The maximum Gasteiger partial charge on any atom is 0.339 e. The summed E-state index contributed by atoms with van der Waals surface area (Å²) in [5.41, 5.74) is 2.48. The summed E-state index contributed by atoms with van der Waals surface area (Å²) in [5, 5.41) is 0.727. The highest BCUT2D eigenvalue weighted by molar-refractivity contribution is 7.89. The number of benzene rings is 3. The summed E-state index contributed by atoms with van der Waals surface area (Å²) >= 11 is 6.38. The molecule has 1 heterocycles. The van der Waals surface area contributed by atoms with Crippen LogP contribution in [-0.2, 0) is 21.2 Å². The lowest BCUT2D eigenvalue weighted by atomic mass is 10.1. The van der Waals surface area contributed by atoms with Gasteiger partial charge in [0.1, 0.15) is 11.6 Å². The first-order valence-corrected chi connectivity index (χ1v) is 13.0. The second-order valence-electron chi connectivity index (χ2n) is 8.52. The zero-order valence-corrected chi connectivity index (χ0v) is 21.4. The van der Waals surface area contributed by atoms with Gasteiger partial charge < -0.3 is 9.15 Å². The third kappa shape index (κ3) is 5.51. The van der Waals surface area contributed by atoms with Crippen LogP contribution in [0.4, 0.5) is 0 Å². The Balaban J connectivity index is 1.67. The van der Waals surface area contributed by atoms with Gasteiger partial charge in [-0.05, 0) is 56.5 Å². The number of rotatable bonds is 7. The molecule has 0 aliphatic heterocycles. The van der Waals surface area contributed by atoms with E-state index < -0.39 is 27.7 Å². The Hall–Kier alpha value is -3.46. The third-order valence-electron chi connectivity index (χ3n) is 5.92. The Kier molecular flexibility index (Phi) is 7.31. The lowest BCUT2D eigenvalue weighted by molar-refractivity contribution is -0.136. The molecule has 0 amide bonds. The number of carbonyl (C=O) groups excluding carboxylic acids is 1. The highest BCUT2D eigenvalue weighted by Gasteiger charge is 2.28. The molecule has 0 radical (unpaired) electrons. The number of aryl methyl sites for hydroxylation is 2. The molecule has 0 saturated heterocycles. The number of halogens is 1. The van der Waals surface area contributed by atoms with Crippen molar-refractivity contribution in [3.05, 3.63) is 104 Å². The summed E-state index contributed by atoms with van der Waals surface area (Å²) in [4.78, 5) is 25.4. The lowest BCUT2D eigenvalue weighted by Crippen LogP contribution is -2.44. The molecule has 4 aromatic rings. The van der Waals surface area contributed by atoms with E-state index in [0.29, 0.717) is 16.5 Å². The van der Waals surface area contributed by atoms with E-state index in [1.54, 1.807) is 56.3 Å². The molecule has 0 fully saturated rings. The van der Waals surface area contributed by atoms with E-state index in [-0.39, 0.29) is 27.7 Å². The van der Waals surface area contributed by atoms with Gasteiger partial charge in [0.05, 0.1) is 9.92 Å². The number of ether oxygens (including phenoxy) is 1. The minimum absolute atomic E-state index is 0.0234. The van der Waals surface area contributed by atoms with Gasteiger partial charge in [-0.1, -0.05) is 59.6 Å². The third-order valence-corrected chi connectivity index (χ3v) is 7.70. The normalized spacial score (nSPS) is 12.4. The van der Waals surface area contributed by atoms with Gasteiger partial charge in [0.15, 0.2) is 5.75 Å². The topological polar surface area (TPSA) is 103 Å². The van der Waals surface area contributed by atoms with Crippen molar-refractivity contribution >= 4 is 38.6 Å². The molecule has 0 aliphatic rings. The Morgan fingerprint density at radius 3 is 2.33 bits per heavy atom. The van der Waals surface area contributed by atoms with Gasteiger partial charge in [0.2, 0.25) is 10.0 Å². The van der Waals surface area contributed by atoms with E-state index in [1.165, 1.54) is 18.2 Å². The Morgan fingerprint density at radius 2 is 1.67 bits per heavy atom. The van der Waals surface area contributed by atoms with Crippen LogP contribution in [0.15, 0.2) is 80.8 Å². The van der Waals surface area contributed by atoms with Gasteiger partial charge in [-0.25, -0.2) is 18.0 Å². The minimum Gasteiger partial charge on any atom is -0.424 e. The van der Waals surface area contributed by atoms with Crippen molar-refractivity contribution in [1.82, 2.24) is 4.72 Å². The molecule has 186 valence electrons. The number of fused-ring (bicyclic) bond motifs is 1. The average molecular weight is 526 g/mol. The van der Waals surface area contributed by atoms with Crippen molar-refractivity contribution in [2.75, 3.05) is 0 Å². The standard InChI is InChI=1S/C27H24ClNO6S/c1-16-9-11-20(12-10-16)36(32,33)29-23(13-19-7-5-4-6-8-19)27(31)35-25-15-24-21(14-22(25)28)17(2)18(3)26(30)34-24/h4-12,14-15,23,29H,13H2,1-3H3/t23-/m1/s1. The second-order valence-corrected chi connectivity index (χ2v) is 10.6. The molecule has 7 nitrogen and oxygen atoms in total. The van der Waals surface area contributed by atoms with Crippen LogP contribution in [0.1, 0.15) is 22.3 Å². The van der Waals surface area contributed by atoms with Crippen molar-refractivity contribution in [3.63, 3.8) is 0 Å². The van der Waals surface area contributed by atoms with Gasteiger partial charge in [-0.15, -0.1) is 0 Å². The van der Waals surface area contributed by atoms with Crippen molar-refractivity contribution < 1.29 is 22.4 Å². The summed E-state index contributed by atoms with van der Waals surface area (Å²) in [6.07, 6.45) is 0.0450. The SMILES string of the molecule is Cc1ccc(S(=O)(=O)N[C@H](Cc2ccccc2)C(=O)Oc2cc3oc(=O)c(C)c(C)c3cc2Cl)cc1. The van der Waals surface area contributed by atoms with Gasteiger partial charge >= 0.3 is 11.6 Å². The van der Waals surface area contributed by atoms with Crippen LogP contribution in [0.5, 0.6) is 5.75 Å². The molecule has 0 spiro atoms. The van der Waals surface area contributed by atoms with Crippen LogP contribution in [0, 0.1) is 20.8 Å². The van der Waals surface area contributed by atoms with E-state index in [2.05, 4.69) is 4.72 Å². The first-order valence-electron chi connectivity index (χ1n) is 11.1. The first kappa shape index (κ1) is 25.6. The van der Waals surface area contributed by atoms with Crippen LogP contribution >= 0.6 is 11.6 Å². The maximum atomic E-state index is 13.3. The molecule has 1 atom stereocenters. The molecule has 1 N–H and O–H groups in total. The number of esters is 1. The van der Waals surface area contributed by atoms with Crippen LogP contribution in [0.3, 0.4) is 0 Å². The summed E-state index contributed by atoms with van der Waals surface area (Å²) in [5.74, 6) is -0.907. The van der Waals surface area contributed by atoms with Gasteiger partial charge in [0.25, 0.3) is 0 Å². The number of sulfonamides is 1. The van der Waals surface area contributed by atoms with Crippen LogP contribution in [0.2, 0.25) is 5.02 Å². The quantitative estimate of drug-likeness (QED) is 0.210. The van der Waals surface area contributed by atoms with E-state index in [9.17, 15) is 18.0 Å². The summed E-state index contributed by atoms with van der Waals surface area (Å²) in [6.45, 7) is 5.26. The fourth-order valence-corrected chi connectivity index (χ4v) is 5.08. The van der Waals surface area contributed by atoms with Crippen LogP contribution in [0.25, 0.3) is 11.0 Å². The molecule has 36 heavy (non-hydrogen) atoms. The summed E-state index contributed by atoms with van der Waals surface area (Å²) in [7, 11) is -4.04. The predicted molar refractivity (Wildman–Crippen MR) is 138 cm³/mol. The average Bonchev–Trinajstić information content (AvgIpc) is 2.84. The van der Waals surface area contributed by atoms with E-state index >= 15 is 0 Å². The zero-order chi connectivity index (χ0) is 26.0. The minimum atomic E-state index is -4.04. The molecule has 3 aromatic carbocycles. The second kappa shape index (κ2) is 10.3. The van der Waals surface area contributed by atoms with Crippen LogP contribution < -0.4 is 15.1 Å². The molecule has 4 rings (SSSR count). The molecule has 0 saturated carbocycles. The van der Waals surface area contributed by atoms with Gasteiger partial charge in [0, 0.05) is 17.0 Å². The molecular weight excluding hydrogens is 502 g/mol. The fourth-order valence-electron chi connectivity index (χ4n) is 3.70. The van der Waals surface area contributed by atoms with E-state index in [4.69, 9.17) is 20.8 Å². The highest BCUT2D eigenvalue weighted by Crippen LogP contribution is 2.32. The smallest absolute Gasteiger partial charge is 0.339 e. The lowest BCUT2D eigenvalue weighted by Gasteiger charge is -2.19. The number of carbonyl (C=O) groups is 1. The van der Waals surface area contributed by atoms with Gasteiger partial charge in [-0.2, -0.15) is 4.72 Å². The number of hydrogen-bond acceptors (Lipinski definition) is 6. The molecular formula is C27H24ClNO6S. The summed E-state index contributed by atoms with van der Waals surface area (Å²) in [6, 6.07) is 16.9. The fraction of sp³-hybridized carbons (Fsp3) is 0.185. The van der Waals surface area contributed by atoms with Crippen LogP contribution in [-0.4, -0.2) is 20.4 Å². The molecule has 9 heteroatoms. The Morgan fingerprint density at radius 1 is 1.00 bits per heavy atom. The molecule has 0 aliphatic carbocycles. The summed E-state index contributed by atoms with van der Waals surface area (Å²) < 4.78 is 39.4. The zero-order valence-electron chi connectivity index (χ0n) is 19.9. The first-order chi connectivity index (χ1) is 17.0. The Bertz CT molecular complexity index is 1600. The van der Waals surface area contributed by atoms with E-state index in [0.717, 1.165) is 11.1 Å². The molecule has 0 unspecified atom stereocenters. The van der Waals surface area contributed by atoms with E-state index in [1.807, 2.05) is 13.0 Å². The molecule has 0 bridgehead atoms. The van der Waals surface area contributed by atoms with Crippen molar-refractivity contribution in [1.29, 1.82) is 0 Å². The maximum absolute atomic E-state index is 13.3. The number of nitrogens with one attached hydrogen (secondary N) is 1. The Labute approximate surface area is 213 Å². The van der Waals surface area contributed by atoms with Gasteiger partial charge in [-0.3, -0.25) is 0 Å².